The number of rotatable bonds is 4. The molecule has 0 radical (unpaired) electrons. The van der Waals surface area contributed by atoms with Gasteiger partial charge in [0.15, 0.2) is 14.1 Å². The first-order valence-corrected chi connectivity index (χ1v) is 13.5. The zero-order chi connectivity index (χ0) is 20.1. The Bertz CT molecular complexity index is 612. The average molecular weight is 395 g/mol. The molecule has 0 bridgehead atoms. The van der Waals surface area contributed by atoms with Crippen LogP contribution in [-0.2, 0) is 18.7 Å². The molecule has 0 aromatic carbocycles. The van der Waals surface area contributed by atoms with Gasteiger partial charge in [0, 0.05) is 24.4 Å². The second kappa shape index (κ2) is 7.08. The van der Waals surface area contributed by atoms with Gasteiger partial charge in [-0.1, -0.05) is 39.3 Å². The molecule has 2 heterocycles. The molecule has 0 aromatic rings. The van der Waals surface area contributed by atoms with Crippen LogP contribution in [-0.4, -0.2) is 39.7 Å². The molecule has 2 fully saturated rings. The first-order chi connectivity index (χ1) is 12.4. The Morgan fingerprint density at radius 1 is 1.30 bits per heavy atom. The van der Waals surface area contributed by atoms with Crippen molar-refractivity contribution in [2.45, 2.75) is 84.2 Å². The Kier molecular flexibility index (Phi) is 5.57. The molecule has 27 heavy (non-hydrogen) atoms. The summed E-state index contributed by atoms with van der Waals surface area (Å²) in [6.07, 6.45) is 5.77. The van der Waals surface area contributed by atoms with Gasteiger partial charge in [0.05, 0.1) is 13.2 Å². The molecule has 0 unspecified atom stereocenters. The van der Waals surface area contributed by atoms with Gasteiger partial charge in [-0.15, -0.1) is 0 Å². The van der Waals surface area contributed by atoms with Crippen molar-refractivity contribution in [3.63, 3.8) is 0 Å². The van der Waals surface area contributed by atoms with E-state index in [0.717, 1.165) is 25.9 Å². The summed E-state index contributed by atoms with van der Waals surface area (Å²) in [5.74, 6) is -0.233. The zero-order valence-electron chi connectivity index (χ0n) is 18.3. The molecule has 0 amide bonds. The van der Waals surface area contributed by atoms with Crippen molar-refractivity contribution < 1.29 is 18.7 Å². The number of Topliss-reactive ketones (excluding diaryl/α,β-unsaturated/α-hetero) is 1. The van der Waals surface area contributed by atoms with Gasteiger partial charge >= 0.3 is 0 Å². The first-order valence-electron chi connectivity index (χ1n) is 10.6. The minimum Gasteiger partial charge on any atom is -0.417 e. The van der Waals surface area contributed by atoms with Crippen LogP contribution in [0, 0.1) is 17.3 Å². The van der Waals surface area contributed by atoms with Crippen LogP contribution in [0.4, 0.5) is 0 Å². The van der Waals surface area contributed by atoms with Gasteiger partial charge in [-0.2, -0.15) is 0 Å². The van der Waals surface area contributed by atoms with Crippen LogP contribution in [0.25, 0.3) is 0 Å². The molecule has 0 saturated carbocycles. The van der Waals surface area contributed by atoms with Gasteiger partial charge < -0.3 is 13.9 Å². The van der Waals surface area contributed by atoms with Crippen LogP contribution in [0.3, 0.4) is 0 Å². The summed E-state index contributed by atoms with van der Waals surface area (Å²) >= 11 is 0. The molecule has 1 aliphatic carbocycles. The van der Waals surface area contributed by atoms with E-state index in [0.29, 0.717) is 25.6 Å². The topological polar surface area (TPSA) is 44.8 Å². The Morgan fingerprint density at radius 2 is 2.00 bits per heavy atom. The summed E-state index contributed by atoms with van der Waals surface area (Å²) in [4.78, 5) is 13.4. The zero-order valence-corrected chi connectivity index (χ0v) is 19.3. The number of allylic oxidation sites excluding steroid dienone is 1. The SMILES string of the molecule is CC1=C[C@H]2CO[C@]3(CCCO3)C(=O)[C@@]2(C)C[C@H]1CCO[Si](C)(C)C(C)(C)C. The predicted octanol–water partition coefficient (Wildman–Crippen LogP) is 5.09. The first kappa shape index (κ1) is 21.2. The maximum absolute atomic E-state index is 13.4. The third kappa shape index (κ3) is 3.73. The monoisotopic (exact) mass is 394 g/mol. The van der Waals surface area contributed by atoms with Crippen molar-refractivity contribution in [1.82, 2.24) is 0 Å². The fourth-order valence-electron chi connectivity index (χ4n) is 4.59. The van der Waals surface area contributed by atoms with Crippen molar-refractivity contribution in [1.29, 1.82) is 0 Å². The van der Waals surface area contributed by atoms with Crippen molar-refractivity contribution in [3.05, 3.63) is 11.6 Å². The van der Waals surface area contributed by atoms with Gasteiger partial charge in [-0.3, -0.25) is 4.79 Å². The Labute approximate surface area is 166 Å². The molecular formula is C22H38O4Si. The van der Waals surface area contributed by atoms with Gasteiger partial charge in [0.25, 0.3) is 0 Å². The number of carbonyl (C=O) groups excluding carboxylic acids is 1. The number of hydrogen-bond acceptors (Lipinski definition) is 4. The molecule has 4 nitrogen and oxygen atoms in total. The van der Waals surface area contributed by atoms with E-state index in [2.05, 4.69) is 53.8 Å². The highest BCUT2D eigenvalue weighted by Crippen LogP contribution is 2.52. The Balaban J connectivity index is 1.70. The van der Waals surface area contributed by atoms with Crippen LogP contribution in [0.5, 0.6) is 0 Å². The highest BCUT2D eigenvalue weighted by atomic mass is 28.4. The third-order valence-corrected chi connectivity index (χ3v) is 12.2. The van der Waals surface area contributed by atoms with E-state index in [9.17, 15) is 4.79 Å². The third-order valence-electron chi connectivity index (χ3n) is 7.68. The molecule has 0 N–H and O–H groups in total. The summed E-state index contributed by atoms with van der Waals surface area (Å²) < 4.78 is 18.2. The van der Waals surface area contributed by atoms with Crippen LogP contribution in [0.2, 0.25) is 18.1 Å². The predicted molar refractivity (Wildman–Crippen MR) is 110 cm³/mol. The van der Waals surface area contributed by atoms with Crippen molar-refractivity contribution in [2.24, 2.45) is 17.3 Å². The number of fused-ring (bicyclic) bond motifs is 1. The number of carbonyl (C=O) groups is 1. The van der Waals surface area contributed by atoms with E-state index in [1.165, 1.54) is 5.57 Å². The normalized spacial score (nSPS) is 37.4. The molecule has 2 saturated heterocycles. The van der Waals surface area contributed by atoms with Gasteiger partial charge in [-0.25, -0.2) is 0 Å². The summed E-state index contributed by atoms with van der Waals surface area (Å²) in [5, 5.41) is 0.227. The molecule has 3 rings (SSSR count). The van der Waals surface area contributed by atoms with E-state index >= 15 is 0 Å². The van der Waals surface area contributed by atoms with Crippen molar-refractivity contribution in [3.8, 4) is 0 Å². The Hall–Kier alpha value is -0.493. The fraction of sp³-hybridized carbons (Fsp3) is 0.864. The summed E-state index contributed by atoms with van der Waals surface area (Å²) in [6, 6.07) is 0. The molecule has 2 aliphatic heterocycles. The Morgan fingerprint density at radius 3 is 2.59 bits per heavy atom. The summed E-state index contributed by atoms with van der Waals surface area (Å²) in [5.41, 5.74) is 1.00. The van der Waals surface area contributed by atoms with E-state index in [4.69, 9.17) is 13.9 Å². The van der Waals surface area contributed by atoms with Crippen molar-refractivity contribution >= 4 is 14.1 Å². The molecule has 154 valence electrons. The molecule has 4 atom stereocenters. The highest BCUT2D eigenvalue weighted by molar-refractivity contribution is 6.74. The van der Waals surface area contributed by atoms with E-state index < -0.39 is 14.1 Å². The quantitative estimate of drug-likeness (QED) is 0.492. The second-order valence-electron chi connectivity index (χ2n) is 10.6. The van der Waals surface area contributed by atoms with Crippen LogP contribution < -0.4 is 0 Å². The van der Waals surface area contributed by atoms with Crippen molar-refractivity contribution in [2.75, 3.05) is 19.8 Å². The van der Waals surface area contributed by atoms with E-state index in [-0.39, 0.29) is 22.2 Å². The number of ether oxygens (including phenoxy) is 2. The highest BCUT2D eigenvalue weighted by Gasteiger charge is 2.59. The molecule has 1 spiro atoms. The van der Waals surface area contributed by atoms with Gasteiger partial charge in [0.1, 0.15) is 0 Å². The van der Waals surface area contributed by atoms with Crippen LogP contribution in [0.1, 0.15) is 60.3 Å². The average Bonchev–Trinajstić information content (AvgIpc) is 3.03. The lowest BCUT2D eigenvalue weighted by molar-refractivity contribution is -0.243. The molecular weight excluding hydrogens is 356 g/mol. The maximum Gasteiger partial charge on any atom is 0.229 e. The fourth-order valence-corrected chi connectivity index (χ4v) is 5.65. The van der Waals surface area contributed by atoms with Crippen LogP contribution >= 0.6 is 0 Å². The standard InChI is InChI=1S/C22H38O4Si/c1-16-13-18-15-25-22(10-8-11-24-22)19(23)21(18,5)14-17(16)9-12-26-27(6,7)20(2,3)4/h13,17-18H,8-12,14-15H2,1-7H3/t17-,18+,21+,22-/m1/s1. The lowest BCUT2D eigenvalue weighted by Crippen LogP contribution is -2.59. The van der Waals surface area contributed by atoms with E-state index in [1.54, 1.807) is 0 Å². The van der Waals surface area contributed by atoms with E-state index in [1.807, 2.05) is 0 Å². The lowest BCUT2D eigenvalue weighted by Gasteiger charge is -2.50. The maximum atomic E-state index is 13.4. The minimum absolute atomic E-state index is 0.164. The minimum atomic E-state index is -1.73. The van der Waals surface area contributed by atoms with Gasteiger partial charge in [-0.05, 0) is 50.2 Å². The van der Waals surface area contributed by atoms with Gasteiger partial charge in [0.2, 0.25) is 5.79 Å². The second-order valence-corrected chi connectivity index (χ2v) is 15.4. The number of hydrogen-bond donors (Lipinski definition) is 0. The summed E-state index contributed by atoms with van der Waals surface area (Å²) in [6.45, 7) is 17.8. The smallest absolute Gasteiger partial charge is 0.229 e. The molecule has 5 heteroatoms. The lowest BCUT2D eigenvalue weighted by atomic mass is 9.60. The molecule has 3 aliphatic rings. The summed E-state index contributed by atoms with van der Waals surface area (Å²) in [7, 11) is -1.73. The largest absolute Gasteiger partial charge is 0.417 e. The molecule has 0 aromatic heterocycles. The number of ketones is 1. The van der Waals surface area contributed by atoms with Crippen LogP contribution in [0.15, 0.2) is 11.6 Å².